The fourth-order valence-electron chi connectivity index (χ4n) is 3.11. The molecular weight excluding hydrogens is 410 g/mol. The van der Waals surface area contributed by atoms with Crippen LogP contribution in [0.15, 0.2) is 61.2 Å². The molecule has 0 fully saturated rings. The van der Waals surface area contributed by atoms with Gasteiger partial charge >= 0.3 is 6.18 Å². The van der Waals surface area contributed by atoms with E-state index >= 15 is 0 Å². The smallest absolute Gasteiger partial charge is 0.368 e. The van der Waals surface area contributed by atoms with Crippen LogP contribution in [0.3, 0.4) is 0 Å². The zero-order chi connectivity index (χ0) is 22.2. The molecule has 0 aliphatic carbocycles. The topological polar surface area (TPSA) is 77.6 Å². The SMILES string of the molecule is Cc1cnc(-c2ccc(-c3ccc(C(F)(F)F)cc3-c3cnc(N)nc3)cc2F)cn1. The molecule has 0 saturated heterocycles. The molecule has 0 atom stereocenters. The van der Waals surface area contributed by atoms with Gasteiger partial charge in [-0.15, -0.1) is 0 Å². The fourth-order valence-corrected chi connectivity index (χ4v) is 3.11. The first-order chi connectivity index (χ1) is 14.7. The lowest BCUT2D eigenvalue weighted by Crippen LogP contribution is -2.05. The minimum absolute atomic E-state index is 0.00752. The first-order valence-electron chi connectivity index (χ1n) is 9.10. The van der Waals surface area contributed by atoms with E-state index in [2.05, 4.69) is 19.9 Å². The quantitative estimate of drug-likeness (QED) is 0.450. The Morgan fingerprint density at radius 3 is 2.06 bits per heavy atom. The van der Waals surface area contributed by atoms with Crippen LogP contribution in [0.1, 0.15) is 11.3 Å². The van der Waals surface area contributed by atoms with Crippen LogP contribution in [0.2, 0.25) is 0 Å². The molecule has 0 bridgehead atoms. The van der Waals surface area contributed by atoms with Gasteiger partial charge in [0.2, 0.25) is 5.95 Å². The number of aryl methyl sites for hydroxylation is 1. The highest BCUT2D eigenvalue weighted by molar-refractivity contribution is 5.84. The summed E-state index contributed by atoms with van der Waals surface area (Å²) in [5.41, 5.74) is 7.25. The molecule has 0 aliphatic heterocycles. The van der Waals surface area contributed by atoms with Crippen LogP contribution >= 0.6 is 0 Å². The average molecular weight is 425 g/mol. The van der Waals surface area contributed by atoms with Crippen molar-refractivity contribution < 1.29 is 17.6 Å². The largest absolute Gasteiger partial charge is 0.416 e. The summed E-state index contributed by atoms with van der Waals surface area (Å²) in [6.07, 6.45) is 1.10. The standard InChI is InChI=1S/C22H15F4N5/c1-12-8-29-20(11-28-12)17-4-2-13(6-19(17)23)16-5-3-15(22(24,25)26)7-18(16)14-9-30-21(27)31-10-14/h2-11H,1H3,(H2,27,30,31). The van der Waals surface area contributed by atoms with Crippen molar-refractivity contribution in [2.24, 2.45) is 0 Å². The Kier molecular flexibility index (Phi) is 5.10. The van der Waals surface area contributed by atoms with Gasteiger partial charge in [0, 0.05) is 29.7 Å². The molecule has 0 radical (unpaired) electrons. The third-order valence-corrected chi connectivity index (χ3v) is 4.67. The molecule has 0 amide bonds. The predicted octanol–water partition coefficient (Wildman–Crippen LogP) is 5.32. The van der Waals surface area contributed by atoms with Crippen LogP contribution in [-0.2, 0) is 6.18 Å². The van der Waals surface area contributed by atoms with E-state index in [4.69, 9.17) is 5.73 Å². The summed E-state index contributed by atoms with van der Waals surface area (Å²) in [6.45, 7) is 1.77. The van der Waals surface area contributed by atoms with E-state index in [0.29, 0.717) is 28.1 Å². The Bertz CT molecular complexity index is 1240. The van der Waals surface area contributed by atoms with Crippen LogP contribution in [-0.4, -0.2) is 19.9 Å². The van der Waals surface area contributed by atoms with E-state index in [-0.39, 0.29) is 17.1 Å². The number of hydrogen-bond donors (Lipinski definition) is 1. The Balaban J connectivity index is 1.84. The van der Waals surface area contributed by atoms with Crippen LogP contribution < -0.4 is 5.73 Å². The van der Waals surface area contributed by atoms with Crippen LogP contribution in [0.25, 0.3) is 33.5 Å². The number of nitrogen functional groups attached to an aromatic ring is 1. The molecule has 2 N–H and O–H groups in total. The second-order valence-corrected chi connectivity index (χ2v) is 6.83. The minimum Gasteiger partial charge on any atom is -0.368 e. The van der Waals surface area contributed by atoms with Gasteiger partial charge in [0.05, 0.1) is 23.1 Å². The summed E-state index contributed by atoms with van der Waals surface area (Å²) in [5, 5.41) is 0. The van der Waals surface area contributed by atoms with E-state index in [0.717, 1.165) is 12.1 Å². The van der Waals surface area contributed by atoms with Crippen molar-refractivity contribution in [2.45, 2.75) is 13.1 Å². The monoisotopic (exact) mass is 425 g/mol. The number of hydrogen-bond acceptors (Lipinski definition) is 5. The molecule has 4 aromatic rings. The zero-order valence-electron chi connectivity index (χ0n) is 16.2. The van der Waals surface area contributed by atoms with Gasteiger partial charge in [-0.2, -0.15) is 13.2 Å². The molecule has 2 heterocycles. The number of nitrogens with two attached hydrogens (primary N) is 1. The summed E-state index contributed by atoms with van der Waals surface area (Å²) in [4.78, 5) is 16.0. The number of aromatic nitrogens is 4. The van der Waals surface area contributed by atoms with E-state index in [1.54, 1.807) is 13.0 Å². The van der Waals surface area contributed by atoms with Gasteiger partial charge < -0.3 is 5.73 Å². The molecule has 156 valence electrons. The highest BCUT2D eigenvalue weighted by atomic mass is 19.4. The highest BCUT2D eigenvalue weighted by Crippen LogP contribution is 2.38. The van der Waals surface area contributed by atoms with E-state index < -0.39 is 17.6 Å². The molecule has 0 spiro atoms. The second kappa shape index (κ2) is 7.75. The lowest BCUT2D eigenvalue weighted by atomic mass is 9.93. The maximum Gasteiger partial charge on any atom is 0.416 e. The predicted molar refractivity (Wildman–Crippen MR) is 108 cm³/mol. The van der Waals surface area contributed by atoms with Gasteiger partial charge in [0.25, 0.3) is 0 Å². The van der Waals surface area contributed by atoms with Crippen LogP contribution in [0.5, 0.6) is 0 Å². The van der Waals surface area contributed by atoms with Crippen molar-refractivity contribution >= 4 is 5.95 Å². The summed E-state index contributed by atoms with van der Waals surface area (Å²) in [6, 6.07) is 7.63. The Morgan fingerprint density at radius 1 is 0.742 bits per heavy atom. The van der Waals surface area contributed by atoms with Gasteiger partial charge in [-0.1, -0.05) is 12.1 Å². The summed E-state index contributed by atoms with van der Waals surface area (Å²) < 4.78 is 54.8. The summed E-state index contributed by atoms with van der Waals surface area (Å²) in [7, 11) is 0. The van der Waals surface area contributed by atoms with E-state index in [1.807, 2.05) is 0 Å². The summed E-state index contributed by atoms with van der Waals surface area (Å²) in [5.74, 6) is -0.582. The van der Waals surface area contributed by atoms with Gasteiger partial charge in [-0.05, 0) is 47.9 Å². The zero-order valence-corrected chi connectivity index (χ0v) is 16.2. The first-order valence-corrected chi connectivity index (χ1v) is 9.10. The normalized spacial score (nSPS) is 11.5. The lowest BCUT2D eigenvalue weighted by molar-refractivity contribution is -0.137. The minimum atomic E-state index is -4.54. The van der Waals surface area contributed by atoms with Crippen LogP contribution in [0.4, 0.5) is 23.5 Å². The fraction of sp³-hybridized carbons (Fsp3) is 0.0909. The Hall–Kier alpha value is -3.88. The number of anilines is 1. The molecule has 0 unspecified atom stereocenters. The number of rotatable bonds is 3. The third-order valence-electron chi connectivity index (χ3n) is 4.67. The highest BCUT2D eigenvalue weighted by Gasteiger charge is 2.31. The number of benzene rings is 2. The molecule has 4 rings (SSSR count). The molecule has 2 aromatic heterocycles. The number of alkyl halides is 3. The molecular formula is C22H15F4N5. The molecule has 9 heteroatoms. The van der Waals surface area contributed by atoms with Gasteiger partial charge in [-0.3, -0.25) is 9.97 Å². The van der Waals surface area contributed by atoms with Crippen molar-refractivity contribution in [1.82, 2.24) is 19.9 Å². The maximum absolute atomic E-state index is 14.9. The second-order valence-electron chi connectivity index (χ2n) is 6.83. The Morgan fingerprint density at radius 2 is 1.45 bits per heavy atom. The van der Waals surface area contributed by atoms with Crippen molar-refractivity contribution in [3.05, 3.63) is 78.3 Å². The van der Waals surface area contributed by atoms with Crippen molar-refractivity contribution in [3.63, 3.8) is 0 Å². The lowest BCUT2D eigenvalue weighted by Gasteiger charge is -2.15. The molecule has 5 nitrogen and oxygen atoms in total. The third kappa shape index (κ3) is 4.20. The van der Waals surface area contributed by atoms with Gasteiger partial charge in [0.15, 0.2) is 0 Å². The molecule has 0 aliphatic rings. The first kappa shape index (κ1) is 20.4. The van der Waals surface area contributed by atoms with Crippen molar-refractivity contribution in [2.75, 3.05) is 5.73 Å². The van der Waals surface area contributed by atoms with Crippen molar-refractivity contribution in [1.29, 1.82) is 0 Å². The van der Waals surface area contributed by atoms with Gasteiger partial charge in [-0.25, -0.2) is 14.4 Å². The average Bonchev–Trinajstić information content (AvgIpc) is 2.74. The molecule has 31 heavy (non-hydrogen) atoms. The Labute approximate surface area is 174 Å². The van der Waals surface area contributed by atoms with E-state index in [9.17, 15) is 17.6 Å². The number of halogens is 4. The van der Waals surface area contributed by atoms with Crippen molar-refractivity contribution in [3.8, 4) is 33.5 Å². The molecule has 2 aromatic carbocycles. The number of nitrogens with zero attached hydrogens (tertiary/aromatic N) is 4. The van der Waals surface area contributed by atoms with Gasteiger partial charge in [0.1, 0.15) is 5.82 Å². The summed E-state index contributed by atoms with van der Waals surface area (Å²) >= 11 is 0. The molecule has 0 saturated carbocycles. The maximum atomic E-state index is 14.9. The van der Waals surface area contributed by atoms with E-state index in [1.165, 1.54) is 43.0 Å². The van der Waals surface area contributed by atoms with Crippen LogP contribution in [0, 0.1) is 12.7 Å².